The van der Waals surface area contributed by atoms with E-state index in [1.54, 1.807) is 6.33 Å². The fourth-order valence-corrected chi connectivity index (χ4v) is 3.12. The molecule has 1 N–H and O–H groups in total. The summed E-state index contributed by atoms with van der Waals surface area (Å²) in [6, 6.07) is 16.9. The van der Waals surface area contributed by atoms with Gasteiger partial charge in [-0.25, -0.2) is 9.67 Å². The second kappa shape index (κ2) is 5.34. The molecule has 2 aromatic heterocycles. The van der Waals surface area contributed by atoms with Gasteiger partial charge in [0, 0.05) is 5.56 Å². The molecule has 0 aliphatic carbocycles. The molecule has 4 nitrogen and oxygen atoms in total. The van der Waals surface area contributed by atoms with Gasteiger partial charge in [-0.15, -0.1) is 0 Å². The standard InChI is InChI=1S/C20H20N4/c1-20(2,3)16-11-7-10-15(14-8-5-4-6-9-14)18(16)24-19-17(12-23-24)21-13-22-19/h4-13H,1-3H3,(H,21,22). The molecule has 4 aromatic rings. The first-order chi connectivity index (χ1) is 11.6. The summed E-state index contributed by atoms with van der Waals surface area (Å²) in [4.78, 5) is 7.59. The number of hydrogen-bond acceptors (Lipinski definition) is 2. The Morgan fingerprint density at radius 3 is 2.50 bits per heavy atom. The van der Waals surface area contributed by atoms with Crippen LogP contribution >= 0.6 is 0 Å². The fraction of sp³-hybridized carbons (Fsp3) is 0.200. The molecule has 0 saturated carbocycles. The van der Waals surface area contributed by atoms with Crippen molar-refractivity contribution in [2.24, 2.45) is 0 Å². The third kappa shape index (κ3) is 2.31. The Morgan fingerprint density at radius 1 is 0.958 bits per heavy atom. The maximum absolute atomic E-state index is 4.61. The molecule has 0 fully saturated rings. The lowest BCUT2D eigenvalue weighted by atomic mass is 9.83. The molecular weight excluding hydrogens is 296 g/mol. The number of fused-ring (bicyclic) bond motifs is 1. The number of aromatic nitrogens is 4. The summed E-state index contributed by atoms with van der Waals surface area (Å²) in [6.45, 7) is 6.68. The number of rotatable bonds is 2. The summed E-state index contributed by atoms with van der Waals surface area (Å²) in [5.74, 6) is 0. The van der Waals surface area contributed by atoms with Crippen LogP contribution in [-0.2, 0) is 5.41 Å². The van der Waals surface area contributed by atoms with E-state index in [0.717, 1.165) is 22.4 Å². The van der Waals surface area contributed by atoms with Gasteiger partial charge >= 0.3 is 0 Å². The first-order valence-electron chi connectivity index (χ1n) is 8.12. The van der Waals surface area contributed by atoms with Crippen molar-refractivity contribution in [3.63, 3.8) is 0 Å². The van der Waals surface area contributed by atoms with E-state index in [1.807, 2.05) is 16.9 Å². The van der Waals surface area contributed by atoms with Crippen molar-refractivity contribution in [2.75, 3.05) is 0 Å². The zero-order valence-corrected chi connectivity index (χ0v) is 14.1. The normalized spacial score (nSPS) is 12.0. The average molecular weight is 316 g/mol. The van der Waals surface area contributed by atoms with Gasteiger partial charge in [0.05, 0.1) is 18.2 Å². The van der Waals surface area contributed by atoms with Crippen molar-refractivity contribution in [2.45, 2.75) is 26.2 Å². The van der Waals surface area contributed by atoms with Gasteiger partial charge in [0.2, 0.25) is 0 Å². The van der Waals surface area contributed by atoms with Gasteiger partial charge in [-0.2, -0.15) is 5.10 Å². The zero-order valence-electron chi connectivity index (χ0n) is 14.1. The Bertz CT molecular complexity index is 987. The van der Waals surface area contributed by atoms with Crippen LogP contribution in [0.15, 0.2) is 61.1 Å². The predicted octanol–water partition coefficient (Wildman–Crippen LogP) is 4.71. The van der Waals surface area contributed by atoms with Crippen LogP contribution in [0, 0.1) is 0 Å². The lowest BCUT2D eigenvalue weighted by Crippen LogP contribution is -2.16. The molecule has 2 heterocycles. The number of nitrogens with zero attached hydrogens (tertiary/aromatic N) is 3. The molecule has 0 radical (unpaired) electrons. The molecule has 0 aliphatic rings. The van der Waals surface area contributed by atoms with Gasteiger partial charge in [0.15, 0.2) is 5.65 Å². The third-order valence-electron chi connectivity index (χ3n) is 4.29. The lowest BCUT2D eigenvalue weighted by Gasteiger charge is -2.25. The summed E-state index contributed by atoms with van der Waals surface area (Å²) < 4.78 is 1.95. The highest BCUT2D eigenvalue weighted by molar-refractivity contribution is 5.80. The SMILES string of the molecule is CC(C)(C)c1cccc(-c2ccccc2)c1-n1ncc2[nH]cnc21. The van der Waals surface area contributed by atoms with Crippen LogP contribution in [0.1, 0.15) is 26.3 Å². The van der Waals surface area contributed by atoms with Gasteiger partial charge in [-0.3, -0.25) is 0 Å². The Morgan fingerprint density at radius 2 is 1.75 bits per heavy atom. The van der Waals surface area contributed by atoms with Gasteiger partial charge < -0.3 is 4.98 Å². The molecule has 0 unspecified atom stereocenters. The Kier molecular flexibility index (Phi) is 3.27. The first-order valence-corrected chi connectivity index (χ1v) is 8.12. The van der Waals surface area contributed by atoms with E-state index < -0.39 is 0 Å². The van der Waals surface area contributed by atoms with Crippen LogP contribution in [0.2, 0.25) is 0 Å². The number of aromatic amines is 1. The second-order valence-electron chi connectivity index (χ2n) is 7.01. The number of para-hydroxylation sites is 1. The summed E-state index contributed by atoms with van der Waals surface area (Å²) in [5, 5.41) is 4.61. The number of benzene rings is 2. The summed E-state index contributed by atoms with van der Waals surface area (Å²) in [6.07, 6.45) is 3.54. The molecule has 120 valence electrons. The summed E-state index contributed by atoms with van der Waals surface area (Å²) >= 11 is 0. The van der Waals surface area contributed by atoms with E-state index in [9.17, 15) is 0 Å². The second-order valence-corrected chi connectivity index (χ2v) is 7.01. The minimum Gasteiger partial charge on any atom is -0.342 e. The van der Waals surface area contributed by atoms with E-state index in [-0.39, 0.29) is 5.41 Å². The molecule has 2 aromatic carbocycles. The van der Waals surface area contributed by atoms with E-state index >= 15 is 0 Å². The Hall–Kier alpha value is -2.88. The van der Waals surface area contributed by atoms with E-state index in [2.05, 4.69) is 78.3 Å². The first kappa shape index (κ1) is 14.7. The van der Waals surface area contributed by atoms with Crippen LogP contribution in [0.4, 0.5) is 0 Å². The monoisotopic (exact) mass is 316 g/mol. The predicted molar refractivity (Wildman–Crippen MR) is 97.4 cm³/mol. The Labute approximate surface area is 141 Å². The largest absolute Gasteiger partial charge is 0.342 e. The van der Waals surface area contributed by atoms with E-state index in [1.165, 1.54) is 11.1 Å². The quantitative estimate of drug-likeness (QED) is 0.582. The maximum atomic E-state index is 4.61. The highest BCUT2D eigenvalue weighted by Crippen LogP contribution is 2.36. The van der Waals surface area contributed by atoms with Gasteiger partial charge in [0.25, 0.3) is 0 Å². The van der Waals surface area contributed by atoms with Crippen molar-refractivity contribution < 1.29 is 0 Å². The van der Waals surface area contributed by atoms with Crippen LogP contribution in [0.5, 0.6) is 0 Å². The maximum Gasteiger partial charge on any atom is 0.180 e. The lowest BCUT2D eigenvalue weighted by molar-refractivity contribution is 0.584. The molecule has 0 saturated heterocycles. The van der Waals surface area contributed by atoms with Crippen LogP contribution in [-0.4, -0.2) is 19.7 Å². The van der Waals surface area contributed by atoms with E-state index in [4.69, 9.17) is 0 Å². The average Bonchev–Trinajstić information content (AvgIpc) is 3.17. The van der Waals surface area contributed by atoms with Crippen molar-refractivity contribution in [1.29, 1.82) is 0 Å². The molecule has 0 atom stereocenters. The van der Waals surface area contributed by atoms with Gasteiger partial charge in [-0.1, -0.05) is 69.3 Å². The summed E-state index contributed by atoms with van der Waals surface area (Å²) in [7, 11) is 0. The number of hydrogen-bond donors (Lipinski definition) is 1. The summed E-state index contributed by atoms with van der Waals surface area (Å²) in [5.41, 5.74) is 6.47. The molecular formula is C20H20N4. The van der Waals surface area contributed by atoms with Gasteiger partial charge in [0.1, 0.15) is 5.52 Å². The minimum atomic E-state index is -0.00525. The highest BCUT2D eigenvalue weighted by Gasteiger charge is 2.23. The van der Waals surface area contributed by atoms with Crippen LogP contribution in [0.25, 0.3) is 28.0 Å². The van der Waals surface area contributed by atoms with Crippen LogP contribution in [0.3, 0.4) is 0 Å². The zero-order chi connectivity index (χ0) is 16.7. The third-order valence-corrected chi connectivity index (χ3v) is 4.29. The van der Waals surface area contributed by atoms with Crippen molar-refractivity contribution in [1.82, 2.24) is 19.7 Å². The molecule has 0 amide bonds. The fourth-order valence-electron chi connectivity index (χ4n) is 3.12. The number of H-pyrrole nitrogens is 1. The number of imidazole rings is 1. The molecule has 0 spiro atoms. The van der Waals surface area contributed by atoms with Crippen molar-refractivity contribution in [3.8, 4) is 16.8 Å². The van der Waals surface area contributed by atoms with Gasteiger partial charge in [-0.05, 0) is 16.5 Å². The molecule has 4 heteroatoms. The molecule has 24 heavy (non-hydrogen) atoms. The molecule has 4 rings (SSSR count). The van der Waals surface area contributed by atoms with Crippen molar-refractivity contribution >= 4 is 11.2 Å². The topological polar surface area (TPSA) is 46.5 Å². The van der Waals surface area contributed by atoms with E-state index in [0.29, 0.717) is 0 Å². The Balaban J connectivity index is 2.08. The van der Waals surface area contributed by atoms with Crippen molar-refractivity contribution in [3.05, 3.63) is 66.6 Å². The molecule has 0 bridgehead atoms. The number of nitrogens with one attached hydrogen (secondary N) is 1. The highest BCUT2D eigenvalue weighted by atomic mass is 15.3. The molecule has 0 aliphatic heterocycles. The smallest absolute Gasteiger partial charge is 0.180 e. The van der Waals surface area contributed by atoms with Crippen LogP contribution < -0.4 is 0 Å². The minimum absolute atomic E-state index is 0.00525.